The molecule has 0 radical (unpaired) electrons. The minimum absolute atomic E-state index is 0.456. The zero-order chi connectivity index (χ0) is 10.4. The van der Waals surface area contributed by atoms with E-state index in [1.54, 1.807) is 0 Å². The second-order valence-electron chi connectivity index (χ2n) is 4.26. The molecule has 0 spiro atoms. The average Bonchev–Trinajstić information content (AvgIpc) is 2.26. The van der Waals surface area contributed by atoms with E-state index in [0.29, 0.717) is 19.3 Å². The summed E-state index contributed by atoms with van der Waals surface area (Å²) in [5, 5.41) is 0. The van der Waals surface area contributed by atoms with Crippen LogP contribution >= 0.6 is 0 Å². The standard InChI is InChI=1S/C12H23NO/c1-3-11-6-4-5-7-12(11)14-9-10(2)8-13/h11-12H,2-9,13H2,1H3. The molecule has 1 saturated carbocycles. The molecular weight excluding hydrogens is 174 g/mol. The minimum atomic E-state index is 0.456. The summed E-state index contributed by atoms with van der Waals surface area (Å²) in [4.78, 5) is 0. The van der Waals surface area contributed by atoms with Crippen molar-refractivity contribution in [3.05, 3.63) is 12.2 Å². The van der Waals surface area contributed by atoms with Crippen LogP contribution in [0.2, 0.25) is 0 Å². The third-order valence-electron chi connectivity index (χ3n) is 3.15. The van der Waals surface area contributed by atoms with Crippen molar-refractivity contribution >= 4 is 0 Å². The predicted molar refractivity (Wildman–Crippen MR) is 60.2 cm³/mol. The molecule has 2 N–H and O–H groups in total. The molecule has 0 bridgehead atoms. The number of nitrogens with two attached hydrogens (primary N) is 1. The summed E-state index contributed by atoms with van der Waals surface area (Å²) in [5.41, 5.74) is 6.48. The van der Waals surface area contributed by atoms with Crippen molar-refractivity contribution in [2.75, 3.05) is 13.2 Å². The number of hydrogen-bond acceptors (Lipinski definition) is 2. The van der Waals surface area contributed by atoms with Crippen LogP contribution in [0.15, 0.2) is 12.2 Å². The molecule has 82 valence electrons. The van der Waals surface area contributed by atoms with Crippen LogP contribution in [0, 0.1) is 5.92 Å². The second-order valence-corrected chi connectivity index (χ2v) is 4.26. The van der Waals surface area contributed by atoms with Crippen molar-refractivity contribution in [3.8, 4) is 0 Å². The molecule has 2 unspecified atom stereocenters. The lowest BCUT2D eigenvalue weighted by atomic mass is 9.85. The van der Waals surface area contributed by atoms with Crippen LogP contribution in [0.3, 0.4) is 0 Å². The molecular formula is C12H23NO. The van der Waals surface area contributed by atoms with E-state index in [1.807, 2.05) is 0 Å². The summed E-state index contributed by atoms with van der Waals surface area (Å²) in [6, 6.07) is 0. The first-order valence-electron chi connectivity index (χ1n) is 5.76. The highest BCUT2D eigenvalue weighted by Crippen LogP contribution is 2.29. The maximum atomic E-state index is 5.86. The molecule has 2 atom stereocenters. The quantitative estimate of drug-likeness (QED) is 0.687. The molecule has 2 nitrogen and oxygen atoms in total. The van der Waals surface area contributed by atoms with Crippen LogP contribution in [0.25, 0.3) is 0 Å². The molecule has 1 aliphatic rings. The second kappa shape index (κ2) is 6.20. The van der Waals surface area contributed by atoms with Crippen molar-refractivity contribution < 1.29 is 4.74 Å². The summed E-state index contributed by atoms with van der Waals surface area (Å²) < 4.78 is 5.86. The molecule has 0 aromatic heterocycles. The number of rotatable bonds is 5. The average molecular weight is 197 g/mol. The SMILES string of the molecule is C=C(CN)COC1CCCCC1CC. The van der Waals surface area contributed by atoms with Gasteiger partial charge < -0.3 is 10.5 Å². The fourth-order valence-electron chi connectivity index (χ4n) is 2.14. The van der Waals surface area contributed by atoms with E-state index >= 15 is 0 Å². The number of ether oxygens (including phenoxy) is 1. The van der Waals surface area contributed by atoms with Crippen molar-refractivity contribution in [1.82, 2.24) is 0 Å². The lowest BCUT2D eigenvalue weighted by Gasteiger charge is -2.30. The molecule has 0 amide bonds. The molecule has 1 fully saturated rings. The topological polar surface area (TPSA) is 35.2 Å². The molecule has 0 aliphatic heterocycles. The van der Waals surface area contributed by atoms with E-state index in [9.17, 15) is 0 Å². The van der Waals surface area contributed by atoms with Gasteiger partial charge >= 0.3 is 0 Å². The molecule has 14 heavy (non-hydrogen) atoms. The molecule has 0 aromatic carbocycles. The van der Waals surface area contributed by atoms with E-state index < -0.39 is 0 Å². The van der Waals surface area contributed by atoms with E-state index in [0.717, 1.165) is 11.5 Å². The van der Waals surface area contributed by atoms with Gasteiger partial charge in [-0.05, 0) is 24.3 Å². The Bertz CT molecular complexity index is 179. The Morgan fingerprint density at radius 3 is 2.79 bits per heavy atom. The minimum Gasteiger partial charge on any atom is -0.374 e. The lowest BCUT2D eigenvalue weighted by molar-refractivity contribution is -0.000653. The van der Waals surface area contributed by atoms with Gasteiger partial charge in [-0.2, -0.15) is 0 Å². The van der Waals surface area contributed by atoms with E-state index in [2.05, 4.69) is 13.5 Å². The summed E-state index contributed by atoms with van der Waals surface area (Å²) in [5.74, 6) is 0.759. The van der Waals surface area contributed by atoms with Gasteiger partial charge in [0.2, 0.25) is 0 Å². The Morgan fingerprint density at radius 2 is 2.14 bits per heavy atom. The van der Waals surface area contributed by atoms with E-state index in [-0.39, 0.29) is 0 Å². The van der Waals surface area contributed by atoms with Gasteiger partial charge in [0.1, 0.15) is 0 Å². The zero-order valence-corrected chi connectivity index (χ0v) is 9.30. The summed E-state index contributed by atoms with van der Waals surface area (Å²) in [6.07, 6.45) is 6.93. The Morgan fingerprint density at radius 1 is 1.43 bits per heavy atom. The number of hydrogen-bond donors (Lipinski definition) is 1. The maximum Gasteiger partial charge on any atom is 0.0690 e. The van der Waals surface area contributed by atoms with Gasteiger partial charge in [-0.15, -0.1) is 0 Å². The highest BCUT2D eigenvalue weighted by Gasteiger charge is 2.23. The van der Waals surface area contributed by atoms with Crippen molar-refractivity contribution in [2.45, 2.75) is 45.1 Å². The van der Waals surface area contributed by atoms with E-state index in [1.165, 1.54) is 32.1 Å². The monoisotopic (exact) mass is 197 g/mol. The highest BCUT2D eigenvalue weighted by atomic mass is 16.5. The van der Waals surface area contributed by atoms with Crippen LogP contribution in [-0.2, 0) is 4.74 Å². The predicted octanol–water partition coefficient (Wildman–Crippen LogP) is 2.49. The van der Waals surface area contributed by atoms with E-state index in [4.69, 9.17) is 10.5 Å². The van der Waals surface area contributed by atoms with Crippen molar-refractivity contribution in [1.29, 1.82) is 0 Å². The Hall–Kier alpha value is -0.340. The van der Waals surface area contributed by atoms with Gasteiger partial charge in [0.05, 0.1) is 12.7 Å². The van der Waals surface area contributed by atoms with Gasteiger partial charge in [-0.25, -0.2) is 0 Å². The third kappa shape index (κ3) is 3.43. The maximum absolute atomic E-state index is 5.86. The molecule has 1 rings (SSSR count). The van der Waals surface area contributed by atoms with Gasteiger partial charge in [0.15, 0.2) is 0 Å². The summed E-state index contributed by atoms with van der Waals surface area (Å²) in [7, 11) is 0. The first kappa shape index (κ1) is 11.7. The van der Waals surface area contributed by atoms with Gasteiger partial charge in [-0.1, -0.05) is 32.8 Å². The highest BCUT2D eigenvalue weighted by molar-refractivity contribution is 4.95. The van der Waals surface area contributed by atoms with Crippen molar-refractivity contribution in [3.63, 3.8) is 0 Å². The Labute approximate surface area is 87.5 Å². The van der Waals surface area contributed by atoms with Gasteiger partial charge in [0.25, 0.3) is 0 Å². The Balaban J connectivity index is 2.29. The molecule has 0 heterocycles. The largest absolute Gasteiger partial charge is 0.374 e. The van der Waals surface area contributed by atoms with Crippen LogP contribution in [-0.4, -0.2) is 19.3 Å². The van der Waals surface area contributed by atoms with Crippen LogP contribution in [0.4, 0.5) is 0 Å². The zero-order valence-electron chi connectivity index (χ0n) is 9.30. The molecule has 0 saturated heterocycles. The van der Waals surface area contributed by atoms with Crippen LogP contribution in [0.5, 0.6) is 0 Å². The molecule has 2 heteroatoms. The third-order valence-corrected chi connectivity index (χ3v) is 3.15. The fourth-order valence-corrected chi connectivity index (χ4v) is 2.14. The van der Waals surface area contributed by atoms with Crippen molar-refractivity contribution in [2.24, 2.45) is 11.7 Å². The molecule has 1 aliphatic carbocycles. The lowest BCUT2D eigenvalue weighted by Crippen LogP contribution is -2.28. The first-order chi connectivity index (χ1) is 6.77. The smallest absolute Gasteiger partial charge is 0.0690 e. The normalized spacial score (nSPS) is 27.6. The summed E-state index contributed by atoms with van der Waals surface area (Å²) in [6.45, 7) is 7.31. The summed E-state index contributed by atoms with van der Waals surface area (Å²) >= 11 is 0. The van der Waals surface area contributed by atoms with Gasteiger partial charge in [-0.3, -0.25) is 0 Å². The fraction of sp³-hybridized carbons (Fsp3) is 0.833. The first-order valence-corrected chi connectivity index (χ1v) is 5.76. The van der Waals surface area contributed by atoms with Crippen LogP contribution < -0.4 is 5.73 Å². The molecule has 0 aromatic rings. The van der Waals surface area contributed by atoms with Gasteiger partial charge in [0, 0.05) is 6.54 Å². The Kier molecular flexibility index (Phi) is 5.20. The van der Waals surface area contributed by atoms with Crippen LogP contribution in [0.1, 0.15) is 39.0 Å².